The van der Waals surface area contributed by atoms with Crippen molar-refractivity contribution in [3.05, 3.63) is 24.0 Å². The first kappa shape index (κ1) is 12.9. The summed E-state index contributed by atoms with van der Waals surface area (Å²) in [6.45, 7) is 5.05. The van der Waals surface area contributed by atoms with Crippen LogP contribution in [0.25, 0.3) is 0 Å². The van der Waals surface area contributed by atoms with E-state index in [-0.39, 0.29) is 18.3 Å². The van der Waals surface area contributed by atoms with Crippen molar-refractivity contribution in [3.63, 3.8) is 0 Å². The lowest BCUT2D eigenvalue weighted by Gasteiger charge is -2.03. The van der Waals surface area contributed by atoms with Gasteiger partial charge in [-0.15, -0.1) is 0 Å². The summed E-state index contributed by atoms with van der Waals surface area (Å²) in [4.78, 5) is 28.4. The molecule has 7 nitrogen and oxygen atoms in total. The number of nitrogens with zero attached hydrogens (tertiary/aromatic N) is 1. The Morgan fingerprint density at radius 3 is 2.88 bits per heavy atom. The highest BCUT2D eigenvalue weighted by molar-refractivity contribution is 6.01. The Labute approximate surface area is 97.7 Å². The summed E-state index contributed by atoms with van der Waals surface area (Å²) >= 11 is 0. The number of nitrogens with one attached hydrogen (secondary N) is 2. The van der Waals surface area contributed by atoms with Crippen LogP contribution in [-0.4, -0.2) is 33.0 Å². The minimum absolute atomic E-state index is 0.116. The maximum atomic E-state index is 11.3. The van der Waals surface area contributed by atoms with Crippen LogP contribution in [0.3, 0.4) is 0 Å². The van der Waals surface area contributed by atoms with E-state index in [2.05, 4.69) is 21.9 Å². The van der Waals surface area contributed by atoms with Gasteiger partial charge in [0.1, 0.15) is 6.04 Å². The van der Waals surface area contributed by atoms with Crippen molar-refractivity contribution in [2.45, 2.75) is 19.4 Å². The molecule has 0 aliphatic carbocycles. The zero-order chi connectivity index (χ0) is 13.0. The minimum Gasteiger partial charge on any atom is -0.480 e. The van der Waals surface area contributed by atoms with Crippen LogP contribution in [0.2, 0.25) is 0 Å². The molecule has 1 rings (SSSR count). The molecule has 0 fully saturated rings. The van der Waals surface area contributed by atoms with E-state index in [1.807, 2.05) is 0 Å². The van der Waals surface area contributed by atoms with Crippen molar-refractivity contribution in [3.8, 4) is 0 Å². The molecule has 1 aromatic rings. The van der Waals surface area contributed by atoms with Gasteiger partial charge in [0.25, 0.3) is 5.91 Å². The molecule has 0 unspecified atom stereocenters. The van der Waals surface area contributed by atoms with Gasteiger partial charge in [-0.2, -0.15) is 0 Å². The number of hydrogen-bond donors (Lipinski definition) is 4. The third kappa shape index (κ3) is 3.72. The molecule has 0 saturated carbocycles. The summed E-state index contributed by atoms with van der Waals surface area (Å²) in [5, 5.41) is 11.1. The van der Waals surface area contributed by atoms with Crippen molar-refractivity contribution in [1.29, 1.82) is 0 Å². The van der Waals surface area contributed by atoms with Gasteiger partial charge < -0.3 is 15.8 Å². The molecule has 7 heteroatoms. The van der Waals surface area contributed by atoms with Crippen molar-refractivity contribution in [2.75, 3.05) is 5.32 Å². The molecule has 0 aromatic carbocycles. The Morgan fingerprint density at radius 2 is 2.35 bits per heavy atom. The molecule has 0 bridgehead atoms. The molecular weight excluding hydrogens is 224 g/mol. The SMILES string of the molecule is C=C(C)C(=O)Nc1ncc(C[C@H](N)C(=O)O)[nH]1. The largest absolute Gasteiger partial charge is 0.480 e. The molecule has 1 atom stereocenters. The van der Waals surface area contributed by atoms with E-state index in [1.165, 1.54) is 6.20 Å². The highest BCUT2D eigenvalue weighted by Crippen LogP contribution is 2.05. The van der Waals surface area contributed by atoms with Crippen LogP contribution in [0.4, 0.5) is 5.95 Å². The fourth-order valence-electron chi connectivity index (χ4n) is 1.06. The number of rotatable bonds is 5. The number of aromatic amines is 1. The van der Waals surface area contributed by atoms with Gasteiger partial charge >= 0.3 is 5.97 Å². The number of amides is 1. The average molecular weight is 238 g/mol. The lowest BCUT2D eigenvalue weighted by atomic mass is 10.2. The average Bonchev–Trinajstić information content (AvgIpc) is 2.65. The van der Waals surface area contributed by atoms with Crippen LogP contribution in [0.15, 0.2) is 18.3 Å². The van der Waals surface area contributed by atoms with Gasteiger partial charge in [0.2, 0.25) is 5.95 Å². The first-order valence-corrected chi connectivity index (χ1v) is 4.89. The van der Waals surface area contributed by atoms with E-state index in [0.29, 0.717) is 11.3 Å². The summed E-state index contributed by atoms with van der Waals surface area (Å²) in [6, 6.07) is -1.000. The number of aromatic nitrogens is 2. The quantitative estimate of drug-likeness (QED) is 0.533. The number of imidazole rings is 1. The highest BCUT2D eigenvalue weighted by Gasteiger charge is 2.14. The molecule has 0 aliphatic rings. The number of carbonyl (C=O) groups excluding carboxylic acids is 1. The van der Waals surface area contributed by atoms with Crippen molar-refractivity contribution in [1.82, 2.24) is 9.97 Å². The Kier molecular flexibility index (Phi) is 4.00. The molecule has 5 N–H and O–H groups in total. The summed E-state index contributed by atoms with van der Waals surface area (Å²) < 4.78 is 0. The predicted molar refractivity (Wildman–Crippen MR) is 61.3 cm³/mol. The third-order valence-corrected chi connectivity index (χ3v) is 2.01. The van der Waals surface area contributed by atoms with Crippen LogP contribution in [-0.2, 0) is 16.0 Å². The highest BCUT2D eigenvalue weighted by atomic mass is 16.4. The van der Waals surface area contributed by atoms with E-state index >= 15 is 0 Å². The molecule has 1 aromatic heterocycles. The van der Waals surface area contributed by atoms with Gasteiger partial charge in [0.15, 0.2) is 0 Å². The fourth-order valence-corrected chi connectivity index (χ4v) is 1.06. The zero-order valence-corrected chi connectivity index (χ0v) is 9.36. The summed E-state index contributed by atoms with van der Waals surface area (Å²) in [6.07, 6.45) is 1.54. The number of carbonyl (C=O) groups is 2. The van der Waals surface area contributed by atoms with Crippen molar-refractivity contribution < 1.29 is 14.7 Å². The summed E-state index contributed by atoms with van der Waals surface area (Å²) in [5.41, 5.74) is 6.25. The number of anilines is 1. The molecule has 0 aliphatic heterocycles. The summed E-state index contributed by atoms with van der Waals surface area (Å²) in [7, 11) is 0. The van der Waals surface area contributed by atoms with Crippen LogP contribution >= 0.6 is 0 Å². The van der Waals surface area contributed by atoms with Crippen molar-refractivity contribution >= 4 is 17.8 Å². The van der Waals surface area contributed by atoms with E-state index in [1.54, 1.807) is 6.92 Å². The third-order valence-electron chi connectivity index (χ3n) is 2.01. The second-order valence-electron chi connectivity index (χ2n) is 3.64. The van der Waals surface area contributed by atoms with Crippen LogP contribution in [0, 0.1) is 0 Å². The Bertz CT molecular complexity index is 452. The maximum absolute atomic E-state index is 11.3. The number of H-pyrrole nitrogens is 1. The van der Waals surface area contributed by atoms with Gasteiger partial charge in [0, 0.05) is 17.7 Å². The second-order valence-corrected chi connectivity index (χ2v) is 3.64. The van der Waals surface area contributed by atoms with Crippen LogP contribution in [0.5, 0.6) is 0 Å². The van der Waals surface area contributed by atoms with Gasteiger partial charge in [-0.1, -0.05) is 6.58 Å². The van der Waals surface area contributed by atoms with E-state index < -0.39 is 12.0 Å². The normalized spacial score (nSPS) is 11.9. The molecule has 0 radical (unpaired) electrons. The molecule has 17 heavy (non-hydrogen) atoms. The number of nitrogens with two attached hydrogens (primary N) is 1. The first-order valence-electron chi connectivity index (χ1n) is 4.89. The van der Waals surface area contributed by atoms with Gasteiger partial charge in [0.05, 0.1) is 6.20 Å². The lowest BCUT2D eigenvalue weighted by Crippen LogP contribution is -2.32. The second kappa shape index (κ2) is 5.26. The van der Waals surface area contributed by atoms with E-state index in [4.69, 9.17) is 10.8 Å². The molecule has 0 spiro atoms. The van der Waals surface area contributed by atoms with Crippen molar-refractivity contribution in [2.24, 2.45) is 5.73 Å². The van der Waals surface area contributed by atoms with Crippen LogP contribution < -0.4 is 11.1 Å². The predicted octanol–water partition coefficient (Wildman–Crippen LogP) is -0.121. The molecule has 1 amide bonds. The lowest BCUT2D eigenvalue weighted by molar-refractivity contribution is -0.138. The van der Waals surface area contributed by atoms with E-state index in [9.17, 15) is 9.59 Å². The van der Waals surface area contributed by atoms with Crippen LogP contribution in [0.1, 0.15) is 12.6 Å². The van der Waals surface area contributed by atoms with E-state index in [0.717, 1.165) is 0 Å². The maximum Gasteiger partial charge on any atom is 0.320 e. The monoisotopic (exact) mass is 238 g/mol. The zero-order valence-electron chi connectivity index (χ0n) is 9.36. The number of carboxylic acids is 1. The number of carboxylic acid groups (broad SMARTS) is 1. The summed E-state index contributed by atoms with van der Waals surface area (Å²) in [5.74, 6) is -1.20. The first-order chi connectivity index (χ1) is 7.90. The fraction of sp³-hybridized carbons (Fsp3) is 0.300. The standard InChI is InChI=1S/C10H14N4O3/c1-5(2)8(15)14-10-12-4-6(13-10)3-7(11)9(16)17/h4,7H,1,3,11H2,2H3,(H,16,17)(H2,12,13,14,15)/t7-/m0/s1. The molecular formula is C10H14N4O3. The Hall–Kier alpha value is -2.15. The number of aliphatic carboxylic acids is 1. The topological polar surface area (TPSA) is 121 Å². The number of hydrogen-bond acceptors (Lipinski definition) is 4. The Balaban J connectivity index is 2.62. The van der Waals surface area contributed by atoms with Gasteiger partial charge in [-0.05, 0) is 6.92 Å². The Morgan fingerprint density at radius 1 is 1.71 bits per heavy atom. The van der Waals surface area contributed by atoms with Gasteiger partial charge in [-0.25, -0.2) is 4.98 Å². The molecule has 92 valence electrons. The molecule has 1 heterocycles. The van der Waals surface area contributed by atoms with Gasteiger partial charge in [-0.3, -0.25) is 14.9 Å². The smallest absolute Gasteiger partial charge is 0.320 e. The minimum atomic E-state index is -1.09. The molecule has 0 saturated heterocycles.